The number of benzene rings is 2. The quantitative estimate of drug-likeness (QED) is 0.325. The second-order valence-electron chi connectivity index (χ2n) is 5.71. The molecule has 2 aromatic rings. The van der Waals surface area contributed by atoms with E-state index >= 15 is 0 Å². The lowest BCUT2D eigenvalue weighted by molar-refractivity contribution is 0.480. The fraction of sp³-hybridized carbons (Fsp3) is 0.167. The number of rotatable bonds is 10. The van der Waals surface area contributed by atoms with Gasteiger partial charge in [-0.1, -0.05) is 72.9 Å². The van der Waals surface area contributed by atoms with Crippen molar-refractivity contribution in [2.45, 2.75) is 25.7 Å². The highest BCUT2D eigenvalue weighted by Crippen LogP contribution is 2.29. The molecule has 0 amide bonds. The fourth-order valence-electron chi connectivity index (χ4n) is 2.39. The highest BCUT2D eigenvalue weighted by Gasteiger charge is 2.05. The van der Waals surface area contributed by atoms with Crippen LogP contribution in [0.2, 0.25) is 0 Å². The number of para-hydroxylation sites is 2. The van der Waals surface area contributed by atoms with Gasteiger partial charge in [-0.05, 0) is 37.8 Å². The largest absolute Gasteiger partial charge is 0.456 e. The van der Waals surface area contributed by atoms with E-state index in [0.29, 0.717) is 0 Å². The maximum Gasteiger partial charge on any atom is 0.134 e. The van der Waals surface area contributed by atoms with Gasteiger partial charge in [0.15, 0.2) is 0 Å². The van der Waals surface area contributed by atoms with E-state index in [4.69, 9.17) is 4.74 Å². The van der Waals surface area contributed by atoms with Crippen molar-refractivity contribution in [1.29, 1.82) is 0 Å². The summed E-state index contributed by atoms with van der Waals surface area (Å²) in [5, 5.41) is 0. The third-order valence-electron chi connectivity index (χ3n) is 3.73. The van der Waals surface area contributed by atoms with Crippen LogP contribution in [0, 0.1) is 0 Å². The van der Waals surface area contributed by atoms with Crippen LogP contribution in [0.5, 0.6) is 11.5 Å². The van der Waals surface area contributed by atoms with E-state index in [0.717, 1.165) is 48.3 Å². The van der Waals surface area contributed by atoms with Crippen LogP contribution in [0.1, 0.15) is 36.8 Å². The average molecular weight is 330 g/mol. The lowest BCUT2D eigenvalue weighted by atomic mass is 10.1. The van der Waals surface area contributed by atoms with Gasteiger partial charge in [-0.15, -0.1) is 13.2 Å². The first-order valence-corrected chi connectivity index (χ1v) is 8.76. The van der Waals surface area contributed by atoms with Crippen LogP contribution in [0.25, 0.3) is 12.2 Å². The van der Waals surface area contributed by atoms with Crippen molar-refractivity contribution in [3.8, 4) is 11.5 Å². The zero-order chi connectivity index (χ0) is 17.7. The summed E-state index contributed by atoms with van der Waals surface area (Å²) < 4.78 is 6.21. The van der Waals surface area contributed by atoms with E-state index < -0.39 is 0 Å². The average Bonchev–Trinajstić information content (AvgIpc) is 2.65. The van der Waals surface area contributed by atoms with Gasteiger partial charge in [-0.2, -0.15) is 0 Å². The number of hydrogen-bond donors (Lipinski definition) is 0. The standard InChI is InChI=1S/C24H26O/c1-3-5-7-9-15-21-17-11-13-19-23(21)25-24-20-14-12-18-22(24)16-10-8-6-4-2/h3-4,9-20H,1-2,5-8H2. The Kier molecular flexibility index (Phi) is 8.07. The Morgan fingerprint density at radius 2 is 1.08 bits per heavy atom. The zero-order valence-corrected chi connectivity index (χ0v) is 14.7. The SMILES string of the molecule is C=CCCC=Cc1ccccc1Oc1ccccc1C=CCCC=C. The summed E-state index contributed by atoms with van der Waals surface area (Å²) in [5.74, 6) is 1.73. The Labute approximate surface area is 151 Å². The van der Waals surface area contributed by atoms with Gasteiger partial charge in [0.2, 0.25) is 0 Å². The van der Waals surface area contributed by atoms with Gasteiger partial charge in [0.25, 0.3) is 0 Å². The van der Waals surface area contributed by atoms with Crippen molar-refractivity contribution in [2.24, 2.45) is 0 Å². The van der Waals surface area contributed by atoms with Crippen LogP contribution in [0.4, 0.5) is 0 Å². The molecule has 0 heterocycles. The molecule has 0 saturated carbocycles. The molecule has 0 unspecified atom stereocenters. The van der Waals surface area contributed by atoms with Gasteiger partial charge >= 0.3 is 0 Å². The van der Waals surface area contributed by atoms with Crippen LogP contribution in [-0.4, -0.2) is 0 Å². The summed E-state index contributed by atoms with van der Waals surface area (Å²) in [5.41, 5.74) is 2.16. The minimum Gasteiger partial charge on any atom is -0.456 e. The minimum absolute atomic E-state index is 0.865. The maximum atomic E-state index is 6.21. The molecule has 128 valence electrons. The molecular formula is C24H26O. The predicted molar refractivity (Wildman–Crippen MR) is 110 cm³/mol. The van der Waals surface area contributed by atoms with Crippen molar-refractivity contribution < 1.29 is 4.74 Å². The molecule has 0 aromatic heterocycles. The Balaban J connectivity index is 2.17. The van der Waals surface area contributed by atoms with Crippen molar-refractivity contribution in [3.63, 3.8) is 0 Å². The molecule has 0 bridgehead atoms. The van der Waals surface area contributed by atoms with Crippen molar-refractivity contribution in [1.82, 2.24) is 0 Å². The Morgan fingerprint density at radius 1 is 0.640 bits per heavy atom. The zero-order valence-electron chi connectivity index (χ0n) is 14.7. The first-order valence-electron chi connectivity index (χ1n) is 8.76. The molecule has 2 rings (SSSR count). The Bertz CT molecular complexity index is 674. The van der Waals surface area contributed by atoms with E-state index in [1.54, 1.807) is 0 Å². The highest BCUT2D eigenvalue weighted by atomic mass is 16.5. The lowest BCUT2D eigenvalue weighted by Crippen LogP contribution is -1.89. The van der Waals surface area contributed by atoms with Crippen molar-refractivity contribution in [3.05, 3.63) is 97.1 Å². The molecule has 1 nitrogen and oxygen atoms in total. The van der Waals surface area contributed by atoms with Gasteiger partial charge in [0, 0.05) is 11.1 Å². The topological polar surface area (TPSA) is 9.23 Å². The van der Waals surface area contributed by atoms with E-state index in [2.05, 4.69) is 49.6 Å². The van der Waals surface area contributed by atoms with E-state index in [9.17, 15) is 0 Å². The molecule has 0 aliphatic carbocycles. The number of unbranched alkanes of at least 4 members (excludes halogenated alkanes) is 2. The molecule has 0 radical (unpaired) electrons. The Morgan fingerprint density at radius 3 is 1.52 bits per heavy atom. The summed E-state index contributed by atoms with van der Waals surface area (Å²) in [7, 11) is 0. The lowest BCUT2D eigenvalue weighted by Gasteiger charge is -2.11. The first kappa shape index (κ1) is 18.5. The van der Waals surface area contributed by atoms with Crippen molar-refractivity contribution >= 4 is 12.2 Å². The van der Waals surface area contributed by atoms with Crippen LogP contribution in [0.15, 0.2) is 86.0 Å². The van der Waals surface area contributed by atoms with Crippen LogP contribution in [-0.2, 0) is 0 Å². The molecule has 0 N–H and O–H groups in total. The Hall–Kier alpha value is -2.80. The third kappa shape index (κ3) is 6.31. The molecule has 1 heteroatoms. The van der Waals surface area contributed by atoms with Crippen LogP contribution < -0.4 is 4.74 Å². The van der Waals surface area contributed by atoms with Gasteiger partial charge in [-0.25, -0.2) is 0 Å². The second kappa shape index (κ2) is 10.9. The molecule has 0 aliphatic rings. The van der Waals surface area contributed by atoms with Crippen LogP contribution >= 0.6 is 0 Å². The first-order chi connectivity index (χ1) is 12.3. The number of allylic oxidation sites excluding steroid dienone is 4. The molecule has 25 heavy (non-hydrogen) atoms. The molecule has 2 aromatic carbocycles. The summed E-state index contributed by atoms with van der Waals surface area (Å²) >= 11 is 0. The summed E-state index contributed by atoms with van der Waals surface area (Å²) in [6.45, 7) is 7.51. The van der Waals surface area contributed by atoms with Gasteiger partial charge < -0.3 is 4.74 Å². The van der Waals surface area contributed by atoms with Gasteiger partial charge in [0.1, 0.15) is 11.5 Å². The van der Waals surface area contributed by atoms with Gasteiger partial charge in [0.05, 0.1) is 0 Å². The molecule has 0 fully saturated rings. The van der Waals surface area contributed by atoms with E-state index in [1.165, 1.54) is 0 Å². The molecule has 0 spiro atoms. The molecule has 0 atom stereocenters. The predicted octanol–water partition coefficient (Wildman–Crippen LogP) is 7.44. The van der Waals surface area contributed by atoms with Gasteiger partial charge in [-0.3, -0.25) is 0 Å². The van der Waals surface area contributed by atoms with Crippen molar-refractivity contribution in [2.75, 3.05) is 0 Å². The molecule has 0 aliphatic heterocycles. The number of hydrogen-bond acceptors (Lipinski definition) is 1. The molecule has 0 saturated heterocycles. The monoisotopic (exact) mass is 330 g/mol. The minimum atomic E-state index is 0.865. The smallest absolute Gasteiger partial charge is 0.134 e. The summed E-state index contributed by atoms with van der Waals surface area (Å²) in [4.78, 5) is 0. The van der Waals surface area contributed by atoms with E-state index in [1.807, 2.05) is 48.6 Å². The maximum absolute atomic E-state index is 6.21. The number of ether oxygens (including phenoxy) is 1. The highest BCUT2D eigenvalue weighted by molar-refractivity contribution is 5.61. The second-order valence-corrected chi connectivity index (χ2v) is 5.71. The normalized spacial score (nSPS) is 11.0. The summed E-state index contributed by atoms with van der Waals surface area (Å²) in [6.07, 6.45) is 16.3. The van der Waals surface area contributed by atoms with Crippen LogP contribution in [0.3, 0.4) is 0 Å². The fourth-order valence-corrected chi connectivity index (χ4v) is 2.39. The van der Waals surface area contributed by atoms with E-state index in [-0.39, 0.29) is 0 Å². The molecular weight excluding hydrogens is 304 g/mol. The third-order valence-corrected chi connectivity index (χ3v) is 3.73. The summed E-state index contributed by atoms with van der Waals surface area (Å²) in [6, 6.07) is 16.2.